The lowest BCUT2D eigenvalue weighted by molar-refractivity contribution is -0.120. The molecule has 5 nitrogen and oxygen atoms in total. The Balaban J connectivity index is 2.19. The zero-order chi connectivity index (χ0) is 20.4. The first-order valence-corrected chi connectivity index (χ1v) is 11.5. The number of hydrogen-bond acceptors (Lipinski definition) is 3. The van der Waals surface area contributed by atoms with Crippen LogP contribution in [0.5, 0.6) is 0 Å². The zero-order valence-electron chi connectivity index (χ0n) is 16.2. The topological polar surface area (TPSA) is 66.5 Å². The van der Waals surface area contributed by atoms with Crippen molar-refractivity contribution in [3.8, 4) is 0 Å². The molecule has 2 rings (SSSR count). The van der Waals surface area contributed by atoms with Gasteiger partial charge in [-0.05, 0) is 96.8 Å². The van der Waals surface area contributed by atoms with Gasteiger partial charge in [0.25, 0.3) is 0 Å². The minimum Gasteiger partial charge on any atom is -0.348 e. The summed E-state index contributed by atoms with van der Waals surface area (Å²) >= 11 is 2.15. The lowest BCUT2D eigenvalue weighted by Crippen LogP contribution is -2.41. The maximum absolute atomic E-state index is 12.6. The van der Waals surface area contributed by atoms with E-state index in [-0.39, 0.29) is 18.5 Å². The standard InChI is InChI=1S/C20H25IN2O3S/c1-13-10-15(3)19(11-14(13)2)16(4)22-20(24)12-23(27(5,25)26)18-8-6-17(21)7-9-18/h6-11,16H,12H2,1-5H3,(H,22,24)/t16-/m1/s1. The predicted molar refractivity (Wildman–Crippen MR) is 119 cm³/mol. The van der Waals surface area contributed by atoms with E-state index in [1.807, 2.05) is 32.9 Å². The van der Waals surface area contributed by atoms with Crippen molar-refractivity contribution in [1.82, 2.24) is 5.32 Å². The molecule has 0 fully saturated rings. The second kappa shape index (κ2) is 8.60. The summed E-state index contributed by atoms with van der Waals surface area (Å²) in [5.74, 6) is -0.343. The van der Waals surface area contributed by atoms with Crippen LogP contribution < -0.4 is 9.62 Å². The molecule has 0 aliphatic rings. The highest BCUT2D eigenvalue weighted by atomic mass is 127. The SMILES string of the molecule is Cc1cc(C)c([C@@H](C)NC(=O)CN(c2ccc(I)cc2)S(C)(=O)=O)cc1C. The Labute approximate surface area is 175 Å². The van der Waals surface area contributed by atoms with Gasteiger partial charge in [-0.2, -0.15) is 0 Å². The van der Waals surface area contributed by atoms with E-state index in [0.29, 0.717) is 5.69 Å². The van der Waals surface area contributed by atoms with Crippen LogP contribution in [0.2, 0.25) is 0 Å². The van der Waals surface area contributed by atoms with Crippen molar-refractivity contribution in [2.24, 2.45) is 0 Å². The van der Waals surface area contributed by atoms with E-state index in [2.05, 4.69) is 47.0 Å². The Morgan fingerprint density at radius 1 is 1.07 bits per heavy atom. The van der Waals surface area contributed by atoms with E-state index >= 15 is 0 Å². The molecule has 0 aromatic heterocycles. The van der Waals surface area contributed by atoms with Crippen LogP contribution in [0.3, 0.4) is 0 Å². The van der Waals surface area contributed by atoms with Crippen molar-refractivity contribution in [2.45, 2.75) is 33.7 Å². The summed E-state index contributed by atoms with van der Waals surface area (Å²) in [6.45, 7) is 7.76. The summed E-state index contributed by atoms with van der Waals surface area (Å²) < 4.78 is 26.5. The fourth-order valence-electron chi connectivity index (χ4n) is 2.95. The highest BCUT2D eigenvalue weighted by Gasteiger charge is 2.22. The molecule has 0 saturated carbocycles. The summed E-state index contributed by atoms with van der Waals surface area (Å²) in [5, 5.41) is 2.92. The predicted octanol–water partition coefficient (Wildman–Crippen LogP) is 3.86. The molecule has 146 valence electrons. The molecule has 0 bridgehead atoms. The number of hydrogen-bond donors (Lipinski definition) is 1. The van der Waals surface area contributed by atoms with E-state index in [9.17, 15) is 13.2 Å². The molecule has 7 heteroatoms. The van der Waals surface area contributed by atoms with Crippen molar-refractivity contribution >= 4 is 44.2 Å². The van der Waals surface area contributed by atoms with E-state index in [1.54, 1.807) is 12.1 Å². The Hall–Kier alpha value is -1.61. The molecule has 0 saturated heterocycles. The number of carbonyl (C=O) groups excluding carboxylic acids is 1. The molecule has 0 radical (unpaired) electrons. The number of carbonyl (C=O) groups is 1. The number of sulfonamides is 1. The van der Waals surface area contributed by atoms with Crippen LogP contribution in [0.1, 0.15) is 35.2 Å². The first kappa shape index (κ1) is 21.7. The van der Waals surface area contributed by atoms with Crippen LogP contribution in [0.25, 0.3) is 0 Å². The zero-order valence-corrected chi connectivity index (χ0v) is 19.2. The number of benzene rings is 2. The summed E-state index contributed by atoms with van der Waals surface area (Å²) in [6.07, 6.45) is 1.11. The van der Waals surface area contributed by atoms with Gasteiger partial charge in [0, 0.05) is 3.57 Å². The number of rotatable bonds is 6. The molecule has 0 heterocycles. The Bertz CT molecular complexity index is 940. The Kier molecular flexibility index (Phi) is 6.91. The quantitative estimate of drug-likeness (QED) is 0.613. The van der Waals surface area contributed by atoms with Gasteiger partial charge in [-0.25, -0.2) is 8.42 Å². The molecule has 0 unspecified atom stereocenters. The fourth-order valence-corrected chi connectivity index (χ4v) is 4.17. The van der Waals surface area contributed by atoms with Crippen LogP contribution in [-0.4, -0.2) is 27.1 Å². The van der Waals surface area contributed by atoms with Gasteiger partial charge < -0.3 is 5.32 Å². The first-order chi connectivity index (χ1) is 12.5. The smallest absolute Gasteiger partial charge is 0.241 e. The van der Waals surface area contributed by atoms with Gasteiger partial charge in [0.2, 0.25) is 15.9 Å². The van der Waals surface area contributed by atoms with Crippen LogP contribution in [0.4, 0.5) is 5.69 Å². The number of halogens is 1. The Morgan fingerprint density at radius 3 is 2.19 bits per heavy atom. The molecule has 0 aliphatic heterocycles. The van der Waals surface area contributed by atoms with Crippen molar-refractivity contribution in [1.29, 1.82) is 0 Å². The first-order valence-electron chi connectivity index (χ1n) is 8.59. The summed E-state index contributed by atoms with van der Waals surface area (Å²) in [4.78, 5) is 12.6. The minimum absolute atomic E-state index is 0.213. The Morgan fingerprint density at radius 2 is 1.63 bits per heavy atom. The van der Waals surface area contributed by atoms with E-state index in [4.69, 9.17) is 0 Å². The highest BCUT2D eigenvalue weighted by molar-refractivity contribution is 14.1. The van der Waals surface area contributed by atoms with Crippen LogP contribution >= 0.6 is 22.6 Å². The van der Waals surface area contributed by atoms with Gasteiger partial charge in [0.1, 0.15) is 6.54 Å². The van der Waals surface area contributed by atoms with Crippen molar-refractivity contribution in [3.05, 3.63) is 62.2 Å². The van der Waals surface area contributed by atoms with E-state index in [0.717, 1.165) is 30.8 Å². The lowest BCUT2D eigenvalue weighted by atomic mass is 9.96. The van der Waals surface area contributed by atoms with Gasteiger partial charge in [-0.3, -0.25) is 9.10 Å². The number of amides is 1. The van der Waals surface area contributed by atoms with Gasteiger partial charge in [-0.1, -0.05) is 12.1 Å². The van der Waals surface area contributed by atoms with E-state index < -0.39 is 10.0 Å². The van der Waals surface area contributed by atoms with Gasteiger partial charge in [-0.15, -0.1) is 0 Å². The van der Waals surface area contributed by atoms with Crippen LogP contribution in [-0.2, 0) is 14.8 Å². The molecular formula is C20H25IN2O3S. The van der Waals surface area contributed by atoms with Gasteiger partial charge in [0.05, 0.1) is 18.0 Å². The van der Waals surface area contributed by atoms with Crippen molar-refractivity contribution < 1.29 is 13.2 Å². The normalized spacial score (nSPS) is 12.5. The summed E-state index contributed by atoms with van der Waals surface area (Å²) in [7, 11) is -3.58. The van der Waals surface area contributed by atoms with Crippen LogP contribution in [0.15, 0.2) is 36.4 Å². The summed E-state index contributed by atoms with van der Waals surface area (Å²) in [5.41, 5.74) is 4.98. The maximum atomic E-state index is 12.6. The third kappa shape index (κ3) is 5.68. The number of anilines is 1. The molecule has 2 aromatic carbocycles. The number of nitrogens with zero attached hydrogens (tertiary/aromatic N) is 1. The van der Waals surface area contributed by atoms with Crippen molar-refractivity contribution in [2.75, 3.05) is 17.1 Å². The molecule has 1 amide bonds. The molecule has 1 atom stereocenters. The molecule has 1 N–H and O–H groups in total. The molecular weight excluding hydrogens is 475 g/mol. The lowest BCUT2D eigenvalue weighted by Gasteiger charge is -2.24. The summed E-state index contributed by atoms with van der Waals surface area (Å²) in [6, 6.07) is 11.0. The van der Waals surface area contributed by atoms with E-state index in [1.165, 1.54) is 5.56 Å². The maximum Gasteiger partial charge on any atom is 0.241 e. The fraction of sp³-hybridized carbons (Fsp3) is 0.350. The second-order valence-electron chi connectivity index (χ2n) is 6.83. The third-order valence-corrected chi connectivity index (χ3v) is 6.39. The van der Waals surface area contributed by atoms with Gasteiger partial charge >= 0.3 is 0 Å². The average molecular weight is 500 g/mol. The second-order valence-corrected chi connectivity index (χ2v) is 9.98. The third-order valence-electron chi connectivity index (χ3n) is 4.53. The monoisotopic (exact) mass is 500 g/mol. The molecule has 2 aromatic rings. The average Bonchev–Trinajstić information content (AvgIpc) is 2.56. The number of aryl methyl sites for hydroxylation is 3. The molecule has 0 aliphatic carbocycles. The van der Waals surface area contributed by atoms with Crippen LogP contribution in [0, 0.1) is 24.3 Å². The number of nitrogens with one attached hydrogen (secondary N) is 1. The highest BCUT2D eigenvalue weighted by Crippen LogP contribution is 2.22. The molecule has 27 heavy (non-hydrogen) atoms. The molecule has 0 spiro atoms. The minimum atomic E-state index is -3.58. The van der Waals surface area contributed by atoms with Gasteiger partial charge in [0.15, 0.2) is 0 Å². The largest absolute Gasteiger partial charge is 0.348 e. The van der Waals surface area contributed by atoms with Crippen molar-refractivity contribution in [3.63, 3.8) is 0 Å².